The van der Waals surface area contributed by atoms with Gasteiger partial charge in [0.2, 0.25) is 0 Å². The van der Waals surface area contributed by atoms with Gasteiger partial charge in [0.1, 0.15) is 0 Å². The Morgan fingerprint density at radius 2 is 2.24 bits per heavy atom. The Morgan fingerprint density at radius 3 is 2.94 bits per heavy atom. The third-order valence-electron chi connectivity index (χ3n) is 2.61. The van der Waals surface area contributed by atoms with Crippen LogP contribution in [0.15, 0.2) is 30.6 Å². The van der Waals surface area contributed by atoms with Gasteiger partial charge >= 0.3 is 0 Å². The molecule has 0 amide bonds. The monoisotopic (exact) mass is 249 g/mol. The number of rotatable bonds is 4. The van der Waals surface area contributed by atoms with Crippen LogP contribution >= 0.6 is 11.6 Å². The van der Waals surface area contributed by atoms with Gasteiger partial charge in [-0.1, -0.05) is 23.7 Å². The Bertz CT molecular complexity index is 505. The molecule has 0 fully saturated rings. The predicted octanol–water partition coefficient (Wildman–Crippen LogP) is 2.61. The maximum atomic E-state index is 6.19. The molecule has 0 aliphatic rings. The predicted molar refractivity (Wildman–Crippen MR) is 70.3 cm³/mol. The van der Waals surface area contributed by atoms with E-state index in [4.69, 9.17) is 11.6 Å². The molecule has 0 saturated heterocycles. The summed E-state index contributed by atoms with van der Waals surface area (Å²) in [5.41, 5.74) is 3.45. The largest absolute Gasteiger partial charge is 0.316 e. The van der Waals surface area contributed by atoms with Crippen LogP contribution < -0.4 is 5.32 Å². The standard InChI is InChI=1S/C13H16ClN3/c1-10-3-4-12(13(14)5-10)9-17-8-11(6-15-2)7-16-17/h3-5,7-8,15H,6,9H2,1-2H3. The Morgan fingerprint density at radius 1 is 1.41 bits per heavy atom. The quantitative estimate of drug-likeness (QED) is 0.903. The van der Waals surface area contributed by atoms with Gasteiger partial charge in [-0.05, 0) is 31.2 Å². The van der Waals surface area contributed by atoms with Crippen LogP contribution in [-0.2, 0) is 13.1 Å². The maximum Gasteiger partial charge on any atom is 0.0674 e. The van der Waals surface area contributed by atoms with Crippen molar-refractivity contribution in [2.75, 3.05) is 7.05 Å². The summed E-state index contributed by atoms with van der Waals surface area (Å²) in [6, 6.07) is 6.10. The number of hydrogen-bond donors (Lipinski definition) is 1. The van der Waals surface area contributed by atoms with Gasteiger partial charge in [-0.15, -0.1) is 0 Å². The molecule has 1 aromatic heterocycles. The zero-order valence-electron chi connectivity index (χ0n) is 10.1. The molecule has 0 aliphatic heterocycles. The second-order valence-corrected chi connectivity index (χ2v) is 4.58. The minimum absolute atomic E-state index is 0.711. The van der Waals surface area contributed by atoms with Gasteiger partial charge < -0.3 is 5.32 Å². The molecule has 2 rings (SSSR count). The van der Waals surface area contributed by atoms with Crippen molar-refractivity contribution < 1.29 is 0 Å². The van der Waals surface area contributed by atoms with Crippen molar-refractivity contribution in [2.24, 2.45) is 0 Å². The zero-order chi connectivity index (χ0) is 12.3. The van der Waals surface area contributed by atoms with Crippen LogP contribution in [0.5, 0.6) is 0 Å². The van der Waals surface area contributed by atoms with E-state index in [2.05, 4.69) is 22.5 Å². The average Bonchev–Trinajstić information content (AvgIpc) is 2.71. The topological polar surface area (TPSA) is 29.9 Å². The van der Waals surface area contributed by atoms with E-state index >= 15 is 0 Å². The molecule has 90 valence electrons. The first-order valence-corrected chi connectivity index (χ1v) is 5.98. The summed E-state index contributed by atoms with van der Waals surface area (Å²) in [5, 5.41) is 8.21. The maximum absolute atomic E-state index is 6.19. The van der Waals surface area contributed by atoms with Gasteiger partial charge in [0, 0.05) is 23.3 Å². The smallest absolute Gasteiger partial charge is 0.0674 e. The molecular weight excluding hydrogens is 234 g/mol. The molecule has 0 unspecified atom stereocenters. The van der Waals surface area contributed by atoms with Crippen LogP contribution in [-0.4, -0.2) is 16.8 Å². The molecule has 3 nitrogen and oxygen atoms in total. The Labute approximate surface area is 106 Å². The van der Waals surface area contributed by atoms with Gasteiger partial charge in [0.05, 0.1) is 12.7 Å². The third kappa shape index (κ3) is 3.08. The molecule has 17 heavy (non-hydrogen) atoms. The molecule has 1 heterocycles. The minimum atomic E-state index is 0.711. The molecular formula is C13H16ClN3. The van der Waals surface area contributed by atoms with Crippen molar-refractivity contribution in [1.29, 1.82) is 0 Å². The Kier molecular flexibility index (Phi) is 3.82. The fourth-order valence-corrected chi connectivity index (χ4v) is 2.04. The van der Waals surface area contributed by atoms with Crippen LogP contribution in [0.25, 0.3) is 0 Å². The number of aromatic nitrogens is 2. The number of nitrogens with zero attached hydrogens (tertiary/aromatic N) is 2. The normalized spacial score (nSPS) is 10.8. The van der Waals surface area contributed by atoms with E-state index in [1.54, 1.807) is 0 Å². The van der Waals surface area contributed by atoms with Crippen molar-refractivity contribution in [1.82, 2.24) is 15.1 Å². The summed E-state index contributed by atoms with van der Waals surface area (Å²) >= 11 is 6.19. The summed E-state index contributed by atoms with van der Waals surface area (Å²) in [5.74, 6) is 0. The van der Waals surface area contributed by atoms with Crippen LogP contribution in [0.3, 0.4) is 0 Å². The average molecular weight is 250 g/mol. The van der Waals surface area contributed by atoms with E-state index in [0.29, 0.717) is 6.54 Å². The highest BCUT2D eigenvalue weighted by molar-refractivity contribution is 6.31. The molecule has 4 heteroatoms. The van der Waals surface area contributed by atoms with Crippen molar-refractivity contribution >= 4 is 11.6 Å². The summed E-state index contributed by atoms with van der Waals surface area (Å²) in [7, 11) is 1.92. The van der Waals surface area contributed by atoms with Gasteiger partial charge in [-0.25, -0.2) is 0 Å². The highest BCUT2D eigenvalue weighted by Crippen LogP contribution is 2.18. The molecule has 0 aliphatic carbocycles. The van der Waals surface area contributed by atoms with E-state index in [0.717, 1.165) is 17.1 Å². The van der Waals surface area contributed by atoms with Crippen molar-refractivity contribution in [2.45, 2.75) is 20.0 Å². The van der Waals surface area contributed by atoms with E-state index < -0.39 is 0 Å². The van der Waals surface area contributed by atoms with E-state index in [9.17, 15) is 0 Å². The number of halogens is 1. The molecule has 1 aromatic carbocycles. The van der Waals surface area contributed by atoms with Crippen molar-refractivity contribution in [3.63, 3.8) is 0 Å². The molecule has 1 N–H and O–H groups in total. The summed E-state index contributed by atoms with van der Waals surface area (Å²) in [6.45, 7) is 3.58. The lowest BCUT2D eigenvalue weighted by atomic mass is 10.1. The highest BCUT2D eigenvalue weighted by atomic mass is 35.5. The number of aryl methyl sites for hydroxylation is 1. The summed E-state index contributed by atoms with van der Waals surface area (Å²) in [4.78, 5) is 0. The van der Waals surface area contributed by atoms with Gasteiger partial charge in [-0.2, -0.15) is 5.10 Å². The second kappa shape index (κ2) is 5.34. The molecule has 2 aromatic rings. The number of hydrogen-bond acceptors (Lipinski definition) is 2. The number of benzene rings is 1. The first-order valence-electron chi connectivity index (χ1n) is 5.60. The van der Waals surface area contributed by atoms with E-state index in [1.807, 2.05) is 37.1 Å². The molecule has 0 bridgehead atoms. The fraction of sp³-hybridized carbons (Fsp3) is 0.308. The molecule has 0 spiro atoms. The van der Waals surface area contributed by atoms with Crippen LogP contribution in [0, 0.1) is 6.92 Å². The summed E-state index contributed by atoms with van der Waals surface area (Å²) in [6.07, 6.45) is 3.91. The van der Waals surface area contributed by atoms with Crippen molar-refractivity contribution in [3.05, 3.63) is 52.3 Å². The van der Waals surface area contributed by atoms with Gasteiger partial charge in [-0.3, -0.25) is 4.68 Å². The van der Waals surface area contributed by atoms with E-state index in [1.165, 1.54) is 11.1 Å². The Hall–Kier alpha value is -1.32. The zero-order valence-corrected chi connectivity index (χ0v) is 10.8. The fourth-order valence-electron chi connectivity index (χ4n) is 1.74. The van der Waals surface area contributed by atoms with Crippen LogP contribution in [0.2, 0.25) is 5.02 Å². The first kappa shape index (κ1) is 12.1. The lowest BCUT2D eigenvalue weighted by Crippen LogP contribution is -2.04. The summed E-state index contributed by atoms with van der Waals surface area (Å²) < 4.78 is 1.91. The Balaban J connectivity index is 2.13. The van der Waals surface area contributed by atoms with Gasteiger partial charge in [0.25, 0.3) is 0 Å². The molecule has 0 saturated carbocycles. The van der Waals surface area contributed by atoms with Crippen molar-refractivity contribution in [3.8, 4) is 0 Å². The SMILES string of the molecule is CNCc1cnn(Cc2ccc(C)cc2Cl)c1. The van der Waals surface area contributed by atoms with Crippen LogP contribution in [0.4, 0.5) is 0 Å². The van der Waals surface area contributed by atoms with Crippen LogP contribution in [0.1, 0.15) is 16.7 Å². The third-order valence-corrected chi connectivity index (χ3v) is 2.96. The lowest BCUT2D eigenvalue weighted by Gasteiger charge is -2.05. The first-order chi connectivity index (χ1) is 8.19. The van der Waals surface area contributed by atoms with E-state index in [-0.39, 0.29) is 0 Å². The minimum Gasteiger partial charge on any atom is -0.316 e. The highest BCUT2D eigenvalue weighted by Gasteiger charge is 2.03. The molecule has 0 atom stereocenters. The van der Waals surface area contributed by atoms with Gasteiger partial charge in [0.15, 0.2) is 0 Å². The lowest BCUT2D eigenvalue weighted by molar-refractivity contribution is 0.685. The number of nitrogens with one attached hydrogen (secondary N) is 1. The second-order valence-electron chi connectivity index (χ2n) is 4.17. The molecule has 0 radical (unpaired) electrons.